The number of rotatable bonds is 6. The van der Waals surface area contributed by atoms with Gasteiger partial charge in [0.2, 0.25) is 5.91 Å². The van der Waals surface area contributed by atoms with Crippen molar-refractivity contribution in [2.45, 2.75) is 6.61 Å². The van der Waals surface area contributed by atoms with Gasteiger partial charge in [0.25, 0.3) is 0 Å². The van der Waals surface area contributed by atoms with Gasteiger partial charge in [0.15, 0.2) is 0 Å². The summed E-state index contributed by atoms with van der Waals surface area (Å²) in [6, 6.07) is 25.7. The molecule has 4 nitrogen and oxygen atoms in total. The molecule has 0 atom stereocenters. The molecule has 0 saturated carbocycles. The van der Waals surface area contributed by atoms with Gasteiger partial charge < -0.3 is 14.5 Å². The van der Waals surface area contributed by atoms with Crippen LogP contribution in [-0.2, 0) is 11.4 Å². The molecule has 1 heterocycles. The molecular formula is C26H25ClN2O2. The minimum absolute atomic E-state index is 0.0290. The molecule has 0 N–H and O–H groups in total. The van der Waals surface area contributed by atoms with Gasteiger partial charge in [-0.1, -0.05) is 60.1 Å². The second-order valence-electron chi connectivity index (χ2n) is 7.47. The van der Waals surface area contributed by atoms with Crippen LogP contribution in [0, 0.1) is 0 Å². The number of hydrogen-bond acceptors (Lipinski definition) is 3. The second-order valence-corrected chi connectivity index (χ2v) is 7.91. The minimum atomic E-state index is 0.0290. The van der Waals surface area contributed by atoms with Crippen molar-refractivity contribution in [3.8, 4) is 5.75 Å². The van der Waals surface area contributed by atoms with Crippen molar-refractivity contribution in [1.29, 1.82) is 0 Å². The average Bonchev–Trinajstić information content (AvgIpc) is 2.82. The number of benzene rings is 3. The predicted octanol–water partition coefficient (Wildman–Crippen LogP) is 5.28. The summed E-state index contributed by atoms with van der Waals surface area (Å²) in [7, 11) is 0. The number of hydrogen-bond donors (Lipinski definition) is 0. The Morgan fingerprint density at radius 3 is 2.45 bits per heavy atom. The van der Waals surface area contributed by atoms with Crippen molar-refractivity contribution in [1.82, 2.24) is 4.90 Å². The Morgan fingerprint density at radius 2 is 1.68 bits per heavy atom. The molecule has 0 radical (unpaired) electrons. The molecule has 1 aliphatic rings. The van der Waals surface area contributed by atoms with Crippen LogP contribution in [0.15, 0.2) is 84.9 Å². The van der Waals surface area contributed by atoms with E-state index in [4.69, 9.17) is 16.3 Å². The summed E-state index contributed by atoms with van der Waals surface area (Å²) in [6.07, 6.45) is 3.49. The van der Waals surface area contributed by atoms with Crippen molar-refractivity contribution in [2.24, 2.45) is 0 Å². The molecule has 0 bridgehead atoms. The third-order valence-corrected chi connectivity index (χ3v) is 5.52. The maximum Gasteiger partial charge on any atom is 0.246 e. The quantitative estimate of drug-likeness (QED) is 0.497. The first-order valence-corrected chi connectivity index (χ1v) is 10.8. The second kappa shape index (κ2) is 10.2. The smallest absolute Gasteiger partial charge is 0.246 e. The third kappa shape index (κ3) is 5.89. The highest BCUT2D eigenvalue weighted by Crippen LogP contribution is 2.21. The molecule has 5 heteroatoms. The number of piperazine rings is 1. The van der Waals surface area contributed by atoms with Crippen LogP contribution >= 0.6 is 11.6 Å². The van der Waals surface area contributed by atoms with E-state index in [0.29, 0.717) is 19.7 Å². The highest BCUT2D eigenvalue weighted by Gasteiger charge is 2.19. The Balaban J connectivity index is 1.30. The maximum atomic E-state index is 12.6. The molecule has 0 aliphatic carbocycles. The molecule has 1 saturated heterocycles. The van der Waals surface area contributed by atoms with Gasteiger partial charge in [-0.2, -0.15) is 0 Å². The number of halogens is 1. The summed E-state index contributed by atoms with van der Waals surface area (Å²) in [6.45, 7) is 3.49. The molecule has 1 amide bonds. The van der Waals surface area contributed by atoms with Crippen molar-refractivity contribution >= 4 is 29.3 Å². The van der Waals surface area contributed by atoms with E-state index in [-0.39, 0.29) is 5.91 Å². The van der Waals surface area contributed by atoms with Gasteiger partial charge >= 0.3 is 0 Å². The first kappa shape index (κ1) is 21.0. The molecule has 0 aromatic heterocycles. The van der Waals surface area contributed by atoms with Crippen LogP contribution in [0.2, 0.25) is 5.02 Å². The lowest BCUT2D eigenvalue weighted by Gasteiger charge is -2.35. The zero-order chi connectivity index (χ0) is 21.5. The fourth-order valence-corrected chi connectivity index (χ4v) is 3.76. The Hall–Kier alpha value is -3.24. The monoisotopic (exact) mass is 432 g/mol. The van der Waals surface area contributed by atoms with Crippen molar-refractivity contribution in [2.75, 3.05) is 31.1 Å². The molecule has 3 aromatic carbocycles. The van der Waals surface area contributed by atoms with Gasteiger partial charge in [-0.25, -0.2) is 0 Å². The molecular weight excluding hydrogens is 408 g/mol. The fourth-order valence-electron chi connectivity index (χ4n) is 3.58. The van der Waals surface area contributed by atoms with Crippen LogP contribution in [0.3, 0.4) is 0 Å². The highest BCUT2D eigenvalue weighted by atomic mass is 35.5. The molecule has 158 valence electrons. The summed E-state index contributed by atoms with van der Waals surface area (Å²) in [4.78, 5) is 16.8. The van der Waals surface area contributed by atoms with Crippen molar-refractivity contribution < 1.29 is 9.53 Å². The average molecular weight is 433 g/mol. The van der Waals surface area contributed by atoms with Gasteiger partial charge in [-0.3, -0.25) is 4.79 Å². The number of carbonyl (C=O) groups is 1. The van der Waals surface area contributed by atoms with Crippen LogP contribution < -0.4 is 9.64 Å². The lowest BCUT2D eigenvalue weighted by molar-refractivity contribution is -0.126. The van der Waals surface area contributed by atoms with Crippen LogP contribution in [0.4, 0.5) is 5.69 Å². The molecule has 0 unspecified atom stereocenters. The zero-order valence-electron chi connectivity index (χ0n) is 17.3. The molecule has 1 aliphatic heterocycles. The lowest BCUT2D eigenvalue weighted by atomic mass is 10.2. The maximum absolute atomic E-state index is 12.6. The fraction of sp³-hybridized carbons (Fsp3) is 0.192. The summed E-state index contributed by atoms with van der Waals surface area (Å²) in [5.41, 5.74) is 3.16. The number of nitrogens with zero attached hydrogens (tertiary/aromatic N) is 2. The van der Waals surface area contributed by atoms with E-state index < -0.39 is 0 Å². The Kier molecular flexibility index (Phi) is 6.90. The van der Waals surface area contributed by atoms with Crippen LogP contribution in [0.25, 0.3) is 6.08 Å². The molecule has 3 aromatic rings. The van der Waals surface area contributed by atoms with E-state index >= 15 is 0 Å². The standard InChI is InChI=1S/C26H25ClN2O2/c27-23-9-5-10-24(19-23)28-14-16-29(17-15-28)26(30)13-12-21-8-4-11-25(18-21)31-20-22-6-2-1-3-7-22/h1-13,18-19H,14-17,20H2/b13-12+. The first-order valence-electron chi connectivity index (χ1n) is 10.4. The zero-order valence-corrected chi connectivity index (χ0v) is 18.0. The van der Waals surface area contributed by atoms with Gasteiger partial charge in [0, 0.05) is 43.0 Å². The Labute approximate surface area is 188 Å². The number of ether oxygens (including phenoxy) is 1. The predicted molar refractivity (Wildman–Crippen MR) is 126 cm³/mol. The van der Waals surface area contributed by atoms with E-state index in [1.807, 2.05) is 83.8 Å². The molecule has 1 fully saturated rings. The van der Waals surface area contributed by atoms with Crippen LogP contribution in [0.1, 0.15) is 11.1 Å². The van der Waals surface area contributed by atoms with Gasteiger partial charge in [-0.15, -0.1) is 0 Å². The number of amides is 1. The summed E-state index contributed by atoms with van der Waals surface area (Å²) in [5, 5.41) is 0.730. The van der Waals surface area contributed by atoms with Crippen LogP contribution in [-0.4, -0.2) is 37.0 Å². The topological polar surface area (TPSA) is 32.8 Å². The Bertz CT molecular complexity index is 1040. The van der Waals surface area contributed by atoms with Crippen molar-refractivity contribution in [3.63, 3.8) is 0 Å². The first-order chi connectivity index (χ1) is 15.2. The number of carbonyl (C=O) groups excluding carboxylic acids is 1. The largest absolute Gasteiger partial charge is 0.489 e. The van der Waals surface area contributed by atoms with E-state index in [2.05, 4.69) is 11.0 Å². The summed E-state index contributed by atoms with van der Waals surface area (Å²) >= 11 is 6.10. The normalized spacial score (nSPS) is 14.1. The van der Waals surface area contributed by atoms with E-state index in [1.54, 1.807) is 6.08 Å². The lowest BCUT2D eigenvalue weighted by Crippen LogP contribution is -2.48. The minimum Gasteiger partial charge on any atom is -0.489 e. The molecule has 31 heavy (non-hydrogen) atoms. The van der Waals surface area contributed by atoms with Crippen LogP contribution in [0.5, 0.6) is 5.75 Å². The van der Waals surface area contributed by atoms with Gasteiger partial charge in [0.05, 0.1) is 0 Å². The van der Waals surface area contributed by atoms with Gasteiger partial charge in [-0.05, 0) is 47.5 Å². The van der Waals surface area contributed by atoms with E-state index in [1.165, 1.54) is 0 Å². The SMILES string of the molecule is O=C(/C=C/c1cccc(OCc2ccccc2)c1)N1CCN(c2cccc(Cl)c2)CC1. The third-order valence-electron chi connectivity index (χ3n) is 5.29. The van der Waals surface area contributed by atoms with Gasteiger partial charge in [0.1, 0.15) is 12.4 Å². The Morgan fingerprint density at radius 1 is 0.903 bits per heavy atom. The summed E-state index contributed by atoms with van der Waals surface area (Å²) in [5.74, 6) is 0.815. The van der Waals surface area contributed by atoms with E-state index in [9.17, 15) is 4.79 Å². The van der Waals surface area contributed by atoms with Crippen molar-refractivity contribution in [3.05, 3.63) is 101 Å². The number of anilines is 1. The highest BCUT2D eigenvalue weighted by molar-refractivity contribution is 6.30. The molecule has 4 rings (SSSR count). The molecule has 0 spiro atoms. The van der Waals surface area contributed by atoms with E-state index in [0.717, 1.165) is 40.7 Å². The summed E-state index contributed by atoms with van der Waals surface area (Å²) < 4.78 is 5.87.